The summed E-state index contributed by atoms with van der Waals surface area (Å²) in [4.78, 5) is 12.1. The van der Waals surface area contributed by atoms with Gasteiger partial charge in [-0.2, -0.15) is 0 Å². The number of carbonyl (C=O) groups excluding carboxylic acids is 1. The van der Waals surface area contributed by atoms with Gasteiger partial charge in [0.15, 0.2) is 0 Å². The van der Waals surface area contributed by atoms with Crippen LogP contribution in [0.3, 0.4) is 0 Å². The fourth-order valence-electron chi connectivity index (χ4n) is 2.79. The molecule has 3 rings (SSSR count). The summed E-state index contributed by atoms with van der Waals surface area (Å²) in [7, 11) is 0. The number of aryl methyl sites for hydroxylation is 1. The van der Waals surface area contributed by atoms with Gasteiger partial charge in [0.05, 0.1) is 10.6 Å². The third-order valence-corrected chi connectivity index (χ3v) is 4.31. The molecule has 0 atom stereocenters. The zero-order chi connectivity index (χ0) is 16.2. The Morgan fingerprint density at radius 1 is 1.30 bits per heavy atom. The number of hydrogen-bond donors (Lipinski definition) is 1. The molecular formula is C16H18ClFN4O. The van der Waals surface area contributed by atoms with Crippen LogP contribution in [0.4, 0.5) is 4.39 Å². The van der Waals surface area contributed by atoms with Gasteiger partial charge in [0.25, 0.3) is 5.91 Å². The molecule has 0 saturated heterocycles. The van der Waals surface area contributed by atoms with Gasteiger partial charge < -0.3 is 9.88 Å². The maximum Gasteiger partial charge on any atom is 0.252 e. The van der Waals surface area contributed by atoms with Crippen LogP contribution in [0, 0.1) is 5.82 Å². The van der Waals surface area contributed by atoms with E-state index in [1.54, 1.807) is 0 Å². The van der Waals surface area contributed by atoms with Crippen molar-refractivity contribution < 1.29 is 9.18 Å². The summed E-state index contributed by atoms with van der Waals surface area (Å²) in [5.41, 5.74) is 0.271. The molecule has 1 amide bonds. The van der Waals surface area contributed by atoms with Crippen molar-refractivity contribution in [3.05, 3.63) is 46.3 Å². The second-order valence-electron chi connectivity index (χ2n) is 5.62. The molecule has 122 valence electrons. The number of fused-ring (bicyclic) bond motifs is 1. The molecule has 2 heterocycles. The Kier molecular flexibility index (Phi) is 4.91. The maximum absolute atomic E-state index is 13.0. The van der Waals surface area contributed by atoms with E-state index in [0.717, 1.165) is 43.5 Å². The van der Waals surface area contributed by atoms with Crippen molar-refractivity contribution in [1.29, 1.82) is 0 Å². The van der Waals surface area contributed by atoms with Crippen LogP contribution in [0.2, 0.25) is 5.02 Å². The number of carbonyl (C=O) groups is 1. The lowest BCUT2D eigenvalue weighted by molar-refractivity contribution is 0.0954. The van der Waals surface area contributed by atoms with Crippen molar-refractivity contribution >= 4 is 17.5 Å². The molecule has 1 aliphatic heterocycles. The van der Waals surface area contributed by atoms with Crippen LogP contribution in [0.25, 0.3) is 0 Å². The number of halogens is 2. The molecule has 1 aliphatic rings. The van der Waals surface area contributed by atoms with E-state index in [0.29, 0.717) is 13.0 Å². The van der Waals surface area contributed by atoms with Crippen molar-refractivity contribution in [2.45, 2.75) is 38.6 Å². The number of rotatable bonds is 4. The van der Waals surface area contributed by atoms with E-state index >= 15 is 0 Å². The molecule has 0 saturated carbocycles. The third kappa shape index (κ3) is 3.69. The fourth-order valence-corrected chi connectivity index (χ4v) is 3.04. The lowest BCUT2D eigenvalue weighted by Gasteiger charge is -2.08. The molecule has 0 aliphatic carbocycles. The predicted octanol–water partition coefficient (Wildman–Crippen LogP) is 2.77. The molecule has 7 heteroatoms. The van der Waals surface area contributed by atoms with Gasteiger partial charge in [-0.05, 0) is 31.0 Å². The van der Waals surface area contributed by atoms with Gasteiger partial charge in [-0.25, -0.2) is 4.39 Å². The molecule has 23 heavy (non-hydrogen) atoms. The molecule has 0 bridgehead atoms. The summed E-state index contributed by atoms with van der Waals surface area (Å²) >= 11 is 5.89. The van der Waals surface area contributed by atoms with Gasteiger partial charge in [-0.1, -0.05) is 18.0 Å². The van der Waals surface area contributed by atoms with Crippen LogP contribution in [-0.4, -0.2) is 27.2 Å². The van der Waals surface area contributed by atoms with Gasteiger partial charge in [0.1, 0.15) is 17.5 Å². The molecule has 0 radical (unpaired) electrons. The van der Waals surface area contributed by atoms with Crippen molar-refractivity contribution in [3.8, 4) is 0 Å². The predicted molar refractivity (Wildman–Crippen MR) is 85.0 cm³/mol. The summed E-state index contributed by atoms with van der Waals surface area (Å²) in [6, 6.07) is 3.74. The first-order valence-electron chi connectivity index (χ1n) is 7.79. The average molecular weight is 337 g/mol. The molecule has 1 N–H and O–H groups in total. The summed E-state index contributed by atoms with van der Waals surface area (Å²) in [6.07, 6.45) is 5.07. The number of benzene rings is 1. The Morgan fingerprint density at radius 3 is 3.00 bits per heavy atom. The molecule has 5 nitrogen and oxygen atoms in total. The summed E-state index contributed by atoms with van der Waals surface area (Å²) in [5, 5.41) is 11.4. The van der Waals surface area contributed by atoms with E-state index in [-0.39, 0.29) is 16.5 Å². The first-order chi connectivity index (χ1) is 11.1. The van der Waals surface area contributed by atoms with Crippen molar-refractivity contribution in [2.75, 3.05) is 6.54 Å². The van der Waals surface area contributed by atoms with Crippen molar-refractivity contribution in [2.24, 2.45) is 0 Å². The van der Waals surface area contributed by atoms with Gasteiger partial charge >= 0.3 is 0 Å². The fraction of sp³-hybridized carbons (Fsp3) is 0.438. The number of nitrogens with zero attached hydrogens (tertiary/aromatic N) is 3. The third-order valence-electron chi connectivity index (χ3n) is 4.00. The molecule has 1 aromatic heterocycles. The van der Waals surface area contributed by atoms with E-state index in [1.807, 2.05) is 0 Å². The zero-order valence-corrected chi connectivity index (χ0v) is 13.4. The summed E-state index contributed by atoms with van der Waals surface area (Å²) in [5.74, 6) is 1.15. The Balaban J connectivity index is 1.59. The second kappa shape index (κ2) is 7.08. The summed E-state index contributed by atoms with van der Waals surface area (Å²) < 4.78 is 15.2. The highest BCUT2D eigenvalue weighted by atomic mass is 35.5. The molecule has 0 spiro atoms. The first-order valence-corrected chi connectivity index (χ1v) is 8.17. The molecule has 2 aromatic rings. The van der Waals surface area contributed by atoms with E-state index in [2.05, 4.69) is 20.1 Å². The van der Waals surface area contributed by atoms with Crippen LogP contribution >= 0.6 is 11.6 Å². The number of hydrogen-bond acceptors (Lipinski definition) is 3. The second-order valence-corrected chi connectivity index (χ2v) is 6.03. The van der Waals surface area contributed by atoms with E-state index < -0.39 is 5.82 Å². The Bertz CT molecular complexity index is 716. The minimum absolute atomic E-state index is 0.110. The topological polar surface area (TPSA) is 59.8 Å². The van der Waals surface area contributed by atoms with Crippen LogP contribution < -0.4 is 5.32 Å². The standard InChI is InChI=1S/C16H18ClFN4O/c17-13-10-11(18)5-6-12(13)16(23)19-8-7-15-21-20-14-4-2-1-3-9-22(14)15/h5-6,10H,1-4,7-9H2,(H,19,23). The highest BCUT2D eigenvalue weighted by Gasteiger charge is 2.15. The lowest BCUT2D eigenvalue weighted by atomic mass is 10.2. The molecule has 0 fully saturated rings. The van der Waals surface area contributed by atoms with Crippen LogP contribution in [0.5, 0.6) is 0 Å². The van der Waals surface area contributed by atoms with Crippen molar-refractivity contribution in [3.63, 3.8) is 0 Å². The van der Waals surface area contributed by atoms with Gasteiger partial charge in [-0.15, -0.1) is 10.2 Å². The highest BCUT2D eigenvalue weighted by molar-refractivity contribution is 6.33. The molecular weight excluding hydrogens is 319 g/mol. The Hall–Kier alpha value is -1.95. The Labute approximate surface area is 138 Å². The van der Waals surface area contributed by atoms with Crippen molar-refractivity contribution in [1.82, 2.24) is 20.1 Å². The van der Waals surface area contributed by atoms with E-state index in [1.165, 1.54) is 18.6 Å². The quantitative estimate of drug-likeness (QED) is 0.934. The van der Waals surface area contributed by atoms with Gasteiger partial charge in [-0.3, -0.25) is 4.79 Å². The largest absolute Gasteiger partial charge is 0.352 e. The van der Waals surface area contributed by atoms with Gasteiger partial charge in [0.2, 0.25) is 0 Å². The minimum Gasteiger partial charge on any atom is -0.352 e. The lowest BCUT2D eigenvalue weighted by Crippen LogP contribution is -2.27. The molecule has 1 aromatic carbocycles. The van der Waals surface area contributed by atoms with E-state index in [9.17, 15) is 9.18 Å². The smallest absolute Gasteiger partial charge is 0.252 e. The first kappa shape index (κ1) is 15.9. The minimum atomic E-state index is -0.460. The average Bonchev–Trinajstić information content (AvgIpc) is 2.75. The zero-order valence-electron chi connectivity index (χ0n) is 12.7. The monoisotopic (exact) mass is 336 g/mol. The number of aromatic nitrogens is 3. The van der Waals surface area contributed by atoms with E-state index in [4.69, 9.17) is 11.6 Å². The van der Waals surface area contributed by atoms with Crippen LogP contribution in [0.1, 0.15) is 41.3 Å². The Morgan fingerprint density at radius 2 is 2.17 bits per heavy atom. The molecule has 0 unspecified atom stereocenters. The highest BCUT2D eigenvalue weighted by Crippen LogP contribution is 2.17. The normalized spacial score (nSPS) is 14.2. The van der Waals surface area contributed by atoms with Crippen LogP contribution in [-0.2, 0) is 19.4 Å². The van der Waals surface area contributed by atoms with Gasteiger partial charge in [0, 0.05) is 25.9 Å². The number of amides is 1. The van der Waals surface area contributed by atoms with Crippen LogP contribution in [0.15, 0.2) is 18.2 Å². The number of nitrogens with one attached hydrogen (secondary N) is 1. The maximum atomic E-state index is 13.0. The summed E-state index contributed by atoms with van der Waals surface area (Å²) in [6.45, 7) is 1.38. The SMILES string of the molecule is O=C(NCCc1nnc2n1CCCCC2)c1ccc(F)cc1Cl.